The van der Waals surface area contributed by atoms with E-state index in [-0.39, 0.29) is 27.1 Å². The molecule has 0 bridgehead atoms. The molecule has 1 heterocycles. The Morgan fingerprint density at radius 3 is 1.15 bits per heavy atom. The summed E-state index contributed by atoms with van der Waals surface area (Å²) in [6.07, 6.45) is 22.8. The van der Waals surface area contributed by atoms with E-state index in [0.29, 0.717) is 30.2 Å². The van der Waals surface area contributed by atoms with E-state index >= 15 is 0 Å². The highest BCUT2D eigenvalue weighted by atomic mass is 16.1. The molecule has 7 atom stereocenters. The van der Waals surface area contributed by atoms with Crippen molar-refractivity contribution < 1.29 is 38.4 Å². The van der Waals surface area contributed by atoms with Gasteiger partial charge in [0.25, 0.3) is 0 Å². The van der Waals surface area contributed by atoms with Gasteiger partial charge in [-0.25, -0.2) is 0 Å². The minimum atomic E-state index is -0.760. The van der Waals surface area contributed by atoms with Crippen LogP contribution in [-0.2, 0) is 51.7 Å². The fraction of sp³-hybridized carbons (Fsp3) is 0.382. The van der Waals surface area contributed by atoms with Crippen molar-refractivity contribution in [3.63, 3.8) is 0 Å². The summed E-state index contributed by atoms with van der Waals surface area (Å²) < 4.78 is 0. The molecule has 9 nitrogen and oxygen atoms in total. The maximum absolute atomic E-state index is 12.2. The van der Waals surface area contributed by atoms with Crippen LogP contribution in [0.1, 0.15) is 285 Å². The number of piperidine rings is 1. The smallest absolute Gasteiger partial charge is 0.150 e. The van der Waals surface area contributed by atoms with Crippen LogP contribution in [0, 0.1) is 29.6 Å². The van der Waals surface area contributed by atoms with Gasteiger partial charge in [-0.15, -0.1) is 0 Å². The Balaban J connectivity index is 0.000000171. The number of rotatable bonds is 13. The van der Waals surface area contributed by atoms with Crippen LogP contribution < -0.4 is 5.32 Å². The number of benzene rings is 11. The third kappa shape index (κ3) is 27.0. The molecule has 0 spiro atoms. The summed E-state index contributed by atoms with van der Waals surface area (Å²) in [5, 5.41) is 10.5. The van der Waals surface area contributed by atoms with E-state index in [1.54, 1.807) is 0 Å². The molecule has 1 aliphatic heterocycles. The fourth-order valence-electron chi connectivity index (χ4n) is 16.7. The monoisotopic (exact) mass is 1590 g/mol. The molecule has 1 N–H and O–H groups in total. The van der Waals surface area contributed by atoms with Gasteiger partial charge in [0.1, 0.15) is 49.4 Å². The van der Waals surface area contributed by atoms with Crippen molar-refractivity contribution in [2.24, 2.45) is 29.6 Å². The molecule has 119 heavy (non-hydrogen) atoms. The van der Waals surface area contributed by atoms with Crippen molar-refractivity contribution in [2.45, 2.75) is 232 Å². The minimum absolute atomic E-state index is 0.0303. The highest BCUT2D eigenvalue weighted by Gasteiger charge is 2.37. The molecule has 1 saturated heterocycles. The molecule has 7 unspecified atom stereocenters. The molecule has 3 saturated carbocycles. The van der Waals surface area contributed by atoms with Crippen molar-refractivity contribution in [3.05, 3.63) is 321 Å². The SMILES string of the molecule is CC(C)(C)c1cc(C(C)(C)C)c(C=O)c(C(C)(C)C)c1.CC(C)(C)c1ccc(C=O)cc1.CC(CC=O)c1ccc(C(C)(C)C)cc1.O=CC(c1ccccc1)(c1ccccc1)c1ccccc1.O=CC1CCC2CCCC2C1.O=CC1CCC2CCCNC2C1.O=Cc1ccc2cc3ccccc3cc2c1.O=Cc1ccc2ccccc2c1. The number of hydrogen-bond donors (Lipinski definition) is 1. The number of fused-ring (bicyclic) bond motifs is 5. The van der Waals surface area contributed by atoms with Crippen LogP contribution in [0.5, 0.6) is 0 Å². The Labute approximate surface area is 711 Å². The van der Waals surface area contributed by atoms with Gasteiger partial charge in [0.2, 0.25) is 0 Å². The average molecular weight is 1600 g/mol. The van der Waals surface area contributed by atoms with Crippen LogP contribution in [0.25, 0.3) is 32.3 Å². The maximum atomic E-state index is 12.2. The van der Waals surface area contributed by atoms with Crippen LogP contribution in [0.2, 0.25) is 0 Å². The van der Waals surface area contributed by atoms with E-state index in [9.17, 15) is 38.4 Å². The Hall–Kier alpha value is -10.5. The average Bonchev–Trinajstić information content (AvgIpc) is 1.10. The topological polar surface area (TPSA) is 149 Å². The van der Waals surface area contributed by atoms with Gasteiger partial charge >= 0.3 is 0 Å². The molecule has 0 radical (unpaired) electrons. The first-order valence-electron chi connectivity index (χ1n) is 43.0. The number of hydrogen-bond acceptors (Lipinski definition) is 9. The predicted molar refractivity (Wildman–Crippen MR) is 496 cm³/mol. The summed E-state index contributed by atoms with van der Waals surface area (Å²) in [5.41, 5.74) is 13.1. The molecule has 0 amide bonds. The molecule has 11 aromatic carbocycles. The minimum Gasteiger partial charge on any atom is -0.314 e. The lowest BCUT2D eigenvalue weighted by Crippen LogP contribution is -2.45. The number of carbonyl (C=O) groups excluding carboxylic acids is 8. The van der Waals surface area contributed by atoms with Crippen LogP contribution in [0.3, 0.4) is 0 Å². The molecule has 15 rings (SSSR count). The van der Waals surface area contributed by atoms with Gasteiger partial charge in [-0.05, 0) is 215 Å². The second-order valence-electron chi connectivity index (χ2n) is 38.0. The highest BCUT2D eigenvalue weighted by molar-refractivity contribution is 6.00. The van der Waals surface area contributed by atoms with E-state index < -0.39 is 5.41 Å². The van der Waals surface area contributed by atoms with Crippen molar-refractivity contribution in [2.75, 3.05) is 6.54 Å². The second-order valence-corrected chi connectivity index (χ2v) is 38.0. The molecular formula is C110H131NO8. The normalized spacial score (nSPS) is 17.7. The molecule has 624 valence electrons. The quantitative estimate of drug-likeness (QED) is 0.0676. The second kappa shape index (κ2) is 44.0. The Morgan fingerprint density at radius 2 is 0.714 bits per heavy atom. The predicted octanol–water partition coefficient (Wildman–Crippen LogP) is 26.3. The lowest BCUT2D eigenvalue weighted by Gasteiger charge is -2.38. The van der Waals surface area contributed by atoms with Gasteiger partial charge in [-0.1, -0.05) is 354 Å². The summed E-state index contributed by atoms with van der Waals surface area (Å²) in [6.45, 7) is 36.0. The van der Waals surface area contributed by atoms with E-state index in [2.05, 4.69) is 177 Å². The Morgan fingerprint density at radius 1 is 0.328 bits per heavy atom. The van der Waals surface area contributed by atoms with Gasteiger partial charge in [0, 0.05) is 46.6 Å². The zero-order chi connectivity index (χ0) is 86.6. The number of aldehydes is 8. The first-order valence-corrected chi connectivity index (χ1v) is 43.0. The molecule has 11 aromatic rings. The summed E-state index contributed by atoms with van der Waals surface area (Å²) in [6, 6.07) is 83.1. The van der Waals surface area contributed by atoms with E-state index in [0.717, 1.165) is 142 Å². The molecular weight excluding hydrogens is 1460 g/mol. The van der Waals surface area contributed by atoms with E-state index in [1.807, 2.05) is 188 Å². The lowest BCUT2D eigenvalue weighted by atomic mass is 9.70. The van der Waals surface area contributed by atoms with E-state index in [1.165, 1.54) is 108 Å². The zero-order valence-electron chi connectivity index (χ0n) is 73.8. The van der Waals surface area contributed by atoms with Crippen molar-refractivity contribution in [1.82, 2.24) is 5.32 Å². The van der Waals surface area contributed by atoms with Crippen molar-refractivity contribution in [1.29, 1.82) is 0 Å². The first-order chi connectivity index (χ1) is 56.7. The van der Waals surface area contributed by atoms with Crippen LogP contribution in [0.4, 0.5) is 0 Å². The fourth-order valence-corrected chi connectivity index (χ4v) is 16.7. The summed E-state index contributed by atoms with van der Waals surface area (Å²) >= 11 is 0. The van der Waals surface area contributed by atoms with Crippen LogP contribution >= 0.6 is 0 Å². The molecule has 3 aliphatic carbocycles. The summed E-state index contributed by atoms with van der Waals surface area (Å²) in [7, 11) is 0. The summed E-state index contributed by atoms with van der Waals surface area (Å²) in [5.74, 6) is 3.86. The molecule has 0 aromatic heterocycles. The number of carbonyl (C=O) groups is 8. The summed E-state index contributed by atoms with van der Waals surface area (Å²) in [4.78, 5) is 87.0. The third-order valence-corrected chi connectivity index (χ3v) is 24.0. The van der Waals surface area contributed by atoms with Crippen LogP contribution in [0.15, 0.2) is 249 Å². The first kappa shape index (κ1) is 94.0. The standard InChI is InChI=1S/C20H16O.C19H30O.C15H10O.C14H20O.C11H8O.C11H14O.C10H17NO.C10H16O/c21-16-20(17-10-4-1-5-11-17,18-12-6-2-7-13-18)19-14-8-3-9-15-19;1-17(2,3)13-10-15(18(4,5)6)14(12-20)16(11-13)19(7,8)9;16-10-11-5-6-14-8-12-3-1-2-4-13(12)9-15(14)7-11;1-11(9-10-15)12-5-7-13(8-6-12)14(2,3)4;12-8-9-5-6-10-3-1-2-4-11(10)7-9;1-11(2,3)10-6-4-9(8-12)5-7-10;12-7-8-3-4-9-2-1-5-11-10(9)6-8;11-7-8-4-5-9-2-1-3-10(9)6-8/h1-16H;10-12H,1-9H3;1-10H;5-8,10-11H,9H2,1-4H3;1-8H;4-8H,1-3H3;7-11H,1-6H2;7-10H,1-6H2. The van der Waals surface area contributed by atoms with Gasteiger partial charge in [-0.3, -0.25) is 19.2 Å². The Kier molecular flexibility index (Phi) is 34.8. The van der Waals surface area contributed by atoms with Gasteiger partial charge in [0.15, 0.2) is 6.29 Å². The maximum Gasteiger partial charge on any atom is 0.150 e. The van der Waals surface area contributed by atoms with Crippen LogP contribution in [-0.4, -0.2) is 62.9 Å². The molecule has 4 fully saturated rings. The number of nitrogens with one attached hydrogen (secondary N) is 1. The highest BCUT2D eigenvalue weighted by Crippen LogP contribution is 2.44. The van der Waals surface area contributed by atoms with Gasteiger partial charge < -0.3 is 24.5 Å². The van der Waals surface area contributed by atoms with Gasteiger partial charge in [0.05, 0.1) is 0 Å². The van der Waals surface area contributed by atoms with Crippen molar-refractivity contribution in [3.8, 4) is 0 Å². The molecule has 9 heteroatoms. The Bertz CT molecular complexity index is 4920. The van der Waals surface area contributed by atoms with E-state index in [4.69, 9.17) is 0 Å². The third-order valence-electron chi connectivity index (χ3n) is 24.0. The zero-order valence-corrected chi connectivity index (χ0v) is 73.8. The van der Waals surface area contributed by atoms with Crippen molar-refractivity contribution >= 4 is 82.6 Å². The largest absolute Gasteiger partial charge is 0.314 e. The van der Waals surface area contributed by atoms with Gasteiger partial charge in [-0.2, -0.15) is 0 Å². The molecule has 4 aliphatic rings. The lowest BCUT2D eigenvalue weighted by molar-refractivity contribution is -0.113.